The molecule has 1 amide bonds. The summed E-state index contributed by atoms with van der Waals surface area (Å²) in [5.74, 6) is 1.36. The first-order valence-electron chi connectivity index (χ1n) is 7.43. The molecular weight excluding hydrogens is 358 g/mol. The minimum absolute atomic E-state index is 0.00886. The maximum absolute atomic E-state index is 12.2. The summed E-state index contributed by atoms with van der Waals surface area (Å²) < 4.78 is 11.9. The molecule has 0 atom stereocenters. The van der Waals surface area contributed by atoms with Gasteiger partial charge in [-0.05, 0) is 42.8 Å². The van der Waals surface area contributed by atoms with E-state index in [1.807, 2.05) is 43.3 Å². The Kier molecular flexibility index (Phi) is 6.47. The van der Waals surface area contributed by atoms with Crippen molar-refractivity contribution in [1.29, 1.82) is 0 Å². The van der Waals surface area contributed by atoms with Gasteiger partial charge in [-0.3, -0.25) is 4.79 Å². The fourth-order valence-electron chi connectivity index (χ4n) is 2.02. The molecule has 0 aliphatic rings. The molecule has 23 heavy (non-hydrogen) atoms. The van der Waals surface area contributed by atoms with Crippen LogP contribution in [-0.4, -0.2) is 31.1 Å². The van der Waals surface area contributed by atoms with Crippen molar-refractivity contribution in [2.24, 2.45) is 0 Å². The lowest BCUT2D eigenvalue weighted by molar-refractivity contribution is -0.132. The Morgan fingerprint density at radius 3 is 2.26 bits per heavy atom. The van der Waals surface area contributed by atoms with E-state index >= 15 is 0 Å². The van der Waals surface area contributed by atoms with Gasteiger partial charge < -0.3 is 14.4 Å². The number of rotatable bonds is 7. The zero-order chi connectivity index (χ0) is 16.7. The molecule has 2 rings (SSSR count). The number of ether oxygens (including phenoxy) is 2. The largest absolute Gasteiger partial charge is 0.494 e. The van der Waals surface area contributed by atoms with Crippen molar-refractivity contribution in [2.45, 2.75) is 13.5 Å². The molecule has 2 aromatic carbocycles. The Hall–Kier alpha value is -2.01. The minimum Gasteiger partial charge on any atom is -0.494 e. The van der Waals surface area contributed by atoms with Crippen molar-refractivity contribution in [2.75, 3.05) is 20.3 Å². The van der Waals surface area contributed by atoms with Crippen LogP contribution in [0.15, 0.2) is 53.0 Å². The van der Waals surface area contributed by atoms with Crippen LogP contribution >= 0.6 is 15.9 Å². The number of halogens is 1. The van der Waals surface area contributed by atoms with E-state index in [0.717, 1.165) is 15.8 Å². The maximum Gasteiger partial charge on any atom is 0.260 e. The molecule has 0 radical (unpaired) electrons. The lowest BCUT2D eigenvalue weighted by Gasteiger charge is -2.18. The number of likely N-dealkylation sites (N-methyl/N-ethyl adjacent to an activating group) is 1. The van der Waals surface area contributed by atoms with Crippen molar-refractivity contribution >= 4 is 21.8 Å². The summed E-state index contributed by atoms with van der Waals surface area (Å²) in [6, 6.07) is 15.1. The monoisotopic (exact) mass is 377 g/mol. The molecule has 4 nitrogen and oxygen atoms in total. The van der Waals surface area contributed by atoms with Gasteiger partial charge in [0.1, 0.15) is 11.5 Å². The first-order chi connectivity index (χ1) is 11.1. The normalized spacial score (nSPS) is 10.2. The highest BCUT2D eigenvalue weighted by atomic mass is 79.9. The Morgan fingerprint density at radius 2 is 1.65 bits per heavy atom. The molecule has 0 aliphatic carbocycles. The van der Waals surface area contributed by atoms with E-state index in [0.29, 0.717) is 18.9 Å². The van der Waals surface area contributed by atoms with E-state index in [1.54, 1.807) is 24.1 Å². The first kappa shape index (κ1) is 17.3. The molecule has 0 heterocycles. The molecule has 5 heteroatoms. The molecule has 122 valence electrons. The van der Waals surface area contributed by atoms with E-state index in [2.05, 4.69) is 15.9 Å². The van der Waals surface area contributed by atoms with Gasteiger partial charge in [0.2, 0.25) is 0 Å². The van der Waals surface area contributed by atoms with Gasteiger partial charge in [0.15, 0.2) is 6.61 Å². The Bertz CT molecular complexity index is 643. The van der Waals surface area contributed by atoms with Crippen LogP contribution in [0.5, 0.6) is 11.5 Å². The summed E-state index contributed by atoms with van der Waals surface area (Å²) in [4.78, 5) is 13.8. The first-order valence-corrected chi connectivity index (χ1v) is 8.22. The molecule has 0 fully saturated rings. The zero-order valence-electron chi connectivity index (χ0n) is 13.3. The second kappa shape index (κ2) is 8.58. The zero-order valence-corrected chi connectivity index (χ0v) is 14.9. The number of amides is 1. The number of hydrogen-bond acceptors (Lipinski definition) is 3. The van der Waals surface area contributed by atoms with Gasteiger partial charge in [-0.15, -0.1) is 0 Å². The number of benzene rings is 2. The molecule has 0 bridgehead atoms. The third-order valence-electron chi connectivity index (χ3n) is 3.29. The fraction of sp³-hybridized carbons (Fsp3) is 0.278. The smallest absolute Gasteiger partial charge is 0.260 e. The lowest BCUT2D eigenvalue weighted by atomic mass is 10.2. The van der Waals surface area contributed by atoms with Gasteiger partial charge in [-0.2, -0.15) is 0 Å². The molecular formula is C18H20BrNO3. The van der Waals surface area contributed by atoms with Crippen LogP contribution in [0.4, 0.5) is 0 Å². The Morgan fingerprint density at radius 1 is 1.04 bits per heavy atom. The summed E-state index contributed by atoms with van der Waals surface area (Å²) >= 11 is 3.49. The van der Waals surface area contributed by atoms with Crippen LogP contribution < -0.4 is 9.47 Å². The molecule has 2 aromatic rings. The van der Waals surface area contributed by atoms with Crippen molar-refractivity contribution in [3.05, 3.63) is 58.6 Å². The van der Waals surface area contributed by atoms with E-state index in [9.17, 15) is 4.79 Å². The predicted molar refractivity (Wildman–Crippen MR) is 93.7 cm³/mol. The average Bonchev–Trinajstić information content (AvgIpc) is 2.56. The second-order valence-electron chi connectivity index (χ2n) is 5.03. The van der Waals surface area contributed by atoms with Crippen molar-refractivity contribution in [1.82, 2.24) is 4.90 Å². The fourth-order valence-corrected chi connectivity index (χ4v) is 2.43. The molecule has 0 saturated heterocycles. The van der Waals surface area contributed by atoms with E-state index in [-0.39, 0.29) is 12.5 Å². The molecule has 0 aromatic heterocycles. The van der Waals surface area contributed by atoms with E-state index < -0.39 is 0 Å². The highest BCUT2D eigenvalue weighted by molar-refractivity contribution is 9.10. The van der Waals surface area contributed by atoms with Gasteiger partial charge in [0.25, 0.3) is 5.91 Å². The van der Waals surface area contributed by atoms with Crippen molar-refractivity contribution in [3.63, 3.8) is 0 Å². The van der Waals surface area contributed by atoms with Gasteiger partial charge in [-0.1, -0.05) is 34.1 Å². The summed E-state index contributed by atoms with van der Waals surface area (Å²) in [7, 11) is 1.77. The Labute approximate surface area is 145 Å². The third-order valence-corrected chi connectivity index (χ3v) is 4.06. The summed E-state index contributed by atoms with van der Waals surface area (Å²) in [6.45, 7) is 3.10. The Balaban J connectivity index is 1.85. The van der Waals surface area contributed by atoms with E-state index in [1.165, 1.54) is 0 Å². The van der Waals surface area contributed by atoms with Crippen LogP contribution in [0, 0.1) is 0 Å². The molecule has 0 unspecified atom stereocenters. The molecule has 0 spiro atoms. The van der Waals surface area contributed by atoms with Crippen molar-refractivity contribution < 1.29 is 14.3 Å². The number of nitrogens with zero attached hydrogens (tertiary/aromatic N) is 1. The number of carbonyl (C=O) groups excluding carboxylic acids is 1. The molecule has 0 N–H and O–H groups in total. The lowest BCUT2D eigenvalue weighted by Crippen LogP contribution is -2.31. The van der Waals surface area contributed by atoms with E-state index in [4.69, 9.17) is 9.47 Å². The van der Waals surface area contributed by atoms with Crippen LogP contribution in [0.1, 0.15) is 12.5 Å². The summed E-state index contributed by atoms with van der Waals surface area (Å²) in [6.07, 6.45) is 0. The van der Waals surface area contributed by atoms with Crippen molar-refractivity contribution in [3.8, 4) is 11.5 Å². The highest BCUT2D eigenvalue weighted by Crippen LogP contribution is 2.19. The van der Waals surface area contributed by atoms with Crippen LogP contribution in [-0.2, 0) is 11.3 Å². The third kappa shape index (κ3) is 5.28. The van der Waals surface area contributed by atoms with Crippen LogP contribution in [0.3, 0.4) is 0 Å². The average molecular weight is 378 g/mol. The number of hydrogen-bond donors (Lipinski definition) is 0. The minimum atomic E-state index is -0.0744. The summed E-state index contributed by atoms with van der Waals surface area (Å²) in [5, 5.41) is 0. The molecule has 0 aliphatic heterocycles. The van der Waals surface area contributed by atoms with Gasteiger partial charge in [0.05, 0.1) is 6.61 Å². The van der Waals surface area contributed by atoms with Crippen LogP contribution in [0.25, 0.3) is 0 Å². The maximum atomic E-state index is 12.2. The standard InChI is InChI=1S/C18H20BrNO3/c1-3-22-15-8-10-16(11-9-15)23-13-18(21)20(2)12-14-6-4-5-7-17(14)19/h4-11H,3,12-13H2,1-2H3. The molecule has 0 saturated carbocycles. The SMILES string of the molecule is CCOc1ccc(OCC(=O)N(C)Cc2ccccc2Br)cc1. The highest BCUT2D eigenvalue weighted by Gasteiger charge is 2.11. The van der Waals surface area contributed by atoms with Gasteiger partial charge >= 0.3 is 0 Å². The summed E-state index contributed by atoms with van der Waals surface area (Å²) in [5.41, 5.74) is 1.06. The van der Waals surface area contributed by atoms with Crippen LogP contribution in [0.2, 0.25) is 0 Å². The van der Waals surface area contributed by atoms with Gasteiger partial charge in [-0.25, -0.2) is 0 Å². The predicted octanol–water partition coefficient (Wildman–Crippen LogP) is 3.89. The second-order valence-corrected chi connectivity index (χ2v) is 5.89. The quantitative estimate of drug-likeness (QED) is 0.734. The van der Waals surface area contributed by atoms with Gasteiger partial charge in [0, 0.05) is 18.1 Å². The topological polar surface area (TPSA) is 38.8 Å². The number of carbonyl (C=O) groups is 1.